The van der Waals surface area contributed by atoms with Crippen molar-refractivity contribution in [2.24, 2.45) is 5.92 Å². The molecule has 0 aliphatic rings. The Morgan fingerprint density at radius 2 is 1.81 bits per heavy atom. The average molecular weight is 445 g/mol. The Morgan fingerprint density at radius 1 is 1.13 bits per heavy atom. The maximum Gasteiger partial charge on any atom is 0.258 e. The van der Waals surface area contributed by atoms with E-state index in [4.69, 9.17) is 14.3 Å². The highest BCUT2D eigenvalue weighted by atomic mass is 32.1. The van der Waals surface area contributed by atoms with Crippen LogP contribution in [0.4, 0.5) is 0 Å². The molecular weight excluding hydrogens is 412 g/mol. The number of aromatic nitrogens is 2. The van der Waals surface area contributed by atoms with Crippen molar-refractivity contribution in [1.29, 1.82) is 0 Å². The SMILES string of the molecule is CCCc1c(CC(C)C)csc1-c1nnc(-c2cc(C)c(OCC(O)CO)c(C)c2)o1. The summed E-state index contributed by atoms with van der Waals surface area (Å²) in [5.74, 6) is 2.34. The van der Waals surface area contributed by atoms with E-state index in [1.54, 1.807) is 11.3 Å². The summed E-state index contributed by atoms with van der Waals surface area (Å²) in [5.41, 5.74) is 5.36. The van der Waals surface area contributed by atoms with Crippen LogP contribution in [-0.2, 0) is 12.8 Å². The molecule has 1 aromatic carbocycles. The second-order valence-electron chi connectivity index (χ2n) is 8.42. The minimum Gasteiger partial charge on any atom is -0.490 e. The maximum absolute atomic E-state index is 9.55. The number of hydrogen-bond acceptors (Lipinski definition) is 7. The molecule has 1 unspecified atom stereocenters. The highest BCUT2D eigenvalue weighted by Gasteiger charge is 2.20. The van der Waals surface area contributed by atoms with Gasteiger partial charge in [0.15, 0.2) is 0 Å². The van der Waals surface area contributed by atoms with E-state index in [0.717, 1.165) is 40.8 Å². The van der Waals surface area contributed by atoms with Crippen LogP contribution >= 0.6 is 11.3 Å². The molecule has 3 rings (SSSR count). The van der Waals surface area contributed by atoms with Crippen LogP contribution in [0.25, 0.3) is 22.2 Å². The summed E-state index contributed by atoms with van der Waals surface area (Å²) in [7, 11) is 0. The van der Waals surface area contributed by atoms with Gasteiger partial charge in [-0.3, -0.25) is 0 Å². The van der Waals surface area contributed by atoms with Crippen LogP contribution in [0.1, 0.15) is 49.4 Å². The van der Waals surface area contributed by atoms with Gasteiger partial charge in [-0.1, -0.05) is 27.2 Å². The molecule has 0 saturated carbocycles. The molecule has 7 heteroatoms. The lowest BCUT2D eigenvalue weighted by molar-refractivity contribution is 0.0532. The number of rotatable bonds is 10. The first-order valence-electron chi connectivity index (χ1n) is 10.8. The Kier molecular flexibility index (Phi) is 7.86. The molecule has 2 N–H and O–H groups in total. The van der Waals surface area contributed by atoms with Gasteiger partial charge in [0.2, 0.25) is 5.89 Å². The largest absolute Gasteiger partial charge is 0.490 e. The third-order valence-corrected chi connectivity index (χ3v) is 6.13. The van der Waals surface area contributed by atoms with Gasteiger partial charge < -0.3 is 19.4 Å². The summed E-state index contributed by atoms with van der Waals surface area (Å²) in [6.45, 7) is 10.2. The monoisotopic (exact) mass is 444 g/mol. The lowest BCUT2D eigenvalue weighted by Crippen LogP contribution is -2.21. The predicted octanol–water partition coefficient (Wildman–Crippen LogP) is 4.96. The van der Waals surface area contributed by atoms with Crippen molar-refractivity contribution in [3.63, 3.8) is 0 Å². The maximum atomic E-state index is 9.55. The van der Waals surface area contributed by atoms with Crippen molar-refractivity contribution < 1.29 is 19.4 Å². The average Bonchev–Trinajstić information content (AvgIpc) is 3.34. The van der Waals surface area contributed by atoms with Gasteiger partial charge in [0.25, 0.3) is 5.89 Å². The smallest absolute Gasteiger partial charge is 0.258 e. The first kappa shape index (κ1) is 23.4. The van der Waals surface area contributed by atoms with Gasteiger partial charge >= 0.3 is 0 Å². The summed E-state index contributed by atoms with van der Waals surface area (Å²) in [5, 5.41) is 29.4. The van der Waals surface area contributed by atoms with Gasteiger partial charge in [-0.2, -0.15) is 0 Å². The Morgan fingerprint density at radius 3 is 2.42 bits per heavy atom. The van der Waals surface area contributed by atoms with E-state index >= 15 is 0 Å². The molecule has 6 nitrogen and oxygen atoms in total. The van der Waals surface area contributed by atoms with E-state index in [-0.39, 0.29) is 13.2 Å². The summed E-state index contributed by atoms with van der Waals surface area (Å²) < 4.78 is 11.8. The molecule has 0 aliphatic heterocycles. The summed E-state index contributed by atoms with van der Waals surface area (Å²) in [6.07, 6.45) is 2.22. The molecule has 0 spiro atoms. The van der Waals surface area contributed by atoms with Crippen LogP contribution in [-0.4, -0.2) is 39.7 Å². The zero-order valence-electron chi connectivity index (χ0n) is 18.9. The van der Waals surface area contributed by atoms with Gasteiger partial charge in [-0.25, -0.2) is 0 Å². The zero-order chi connectivity index (χ0) is 22.5. The Balaban J connectivity index is 1.88. The normalized spacial score (nSPS) is 12.5. The number of aryl methyl sites for hydroxylation is 2. The molecule has 2 heterocycles. The molecule has 0 radical (unpaired) electrons. The fourth-order valence-corrected chi connectivity index (χ4v) is 4.76. The van der Waals surface area contributed by atoms with Gasteiger partial charge in [0, 0.05) is 5.56 Å². The first-order valence-corrected chi connectivity index (χ1v) is 11.7. The third-order valence-electron chi connectivity index (χ3n) is 5.07. The molecule has 0 fully saturated rings. The molecule has 168 valence electrons. The fourth-order valence-electron chi connectivity index (χ4n) is 3.70. The molecule has 2 aromatic heterocycles. The van der Waals surface area contributed by atoms with Gasteiger partial charge in [0.1, 0.15) is 18.5 Å². The number of hydrogen-bond donors (Lipinski definition) is 2. The van der Waals surface area contributed by atoms with E-state index in [0.29, 0.717) is 23.4 Å². The molecule has 1 atom stereocenters. The molecular formula is C24H32N2O4S. The van der Waals surface area contributed by atoms with Crippen molar-refractivity contribution in [2.45, 2.75) is 60.0 Å². The van der Waals surface area contributed by atoms with Crippen molar-refractivity contribution in [3.05, 3.63) is 39.8 Å². The van der Waals surface area contributed by atoms with Crippen LogP contribution in [0, 0.1) is 19.8 Å². The molecule has 0 bridgehead atoms. The van der Waals surface area contributed by atoms with Crippen LogP contribution < -0.4 is 4.74 Å². The molecule has 0 saturated heterocycles. The lowest BCUT2D eigenvalue weighted by Gasteiger charge is -2.15. The fraction of sp³-hybridized carbons (Fsp3) is 0.500. The second kappa shape index (κ2) is 10.4. The number of ether oxygens (including phenoxy) is 1. The van der Waals surface area contributed by atoms with E-state index in [1.165, 1.54) is 11.1 Å². The van der Waals surface area contributed by atoms with Crippen LogP contribution in [0.3, 0.4) is 0 Å². The van der Waals surface area contributed by atoms with Gasteiger partial charge in [-0.05, 0) is 72.4 Å². The van der Waals surface area contributed by atoms with Crippen LogP contribution in [0.2, 0.25) is 0 Å². The zero-order valence-corrected chi connectivity index (χ0v) is 19.8. The Hall–Kier alpha value is -2.22. The second-order valence-corrected chi connectivity index (χ2v) is 9.30. The Labute approximate surface area is 187 Å². The van der Waals surface area contributed by atoms with Crippen LogP contribution in [0.5, 0.6) is 5.75 Å². The minimum absolute atomic E-state index is 0.0412. The highest BCUT2D eigenvalue weighted by molar-refractivity contribution is 7.13. The standard InChI is InChI=1S/C24H32N2O4S/c1-6-7-20-18(8-14(2)3)13-31-22(20)24-26-25-23(30-24)17-9-15(4)21(16(5)10-17)29-12-19(28)11-27/h9-10,13-14,19,27-28H,6-8,11-12H2,1-5H3. The van der Waals surface area contributed by atoms with E-state index in [2.05, 4.69) is 36.3 Å². The van der Waals surface area contributed by atoms with E-state index in [1.807, 2.05) is 26.0 Å². The van der Waals surface area contributed by atoms with Crippen LogP contribution in [0.15, 0.2) is 21.9 Å². The number of aliphatic hydroxyl groups excluding tert-OH is 2. The summed E-state index contributed by atoms with van der Waals surface area (Å²) >= 11 is 1.68. The molecule has 31 heavy (non-hydrogen) atoms. The molecule has 3 aromatic rings. The van der Waals surface area contributed by atoms with Gasteiger partial charge in [0.05, 0.1) is 11.5 Å². The topological polar surface area (TPSA) is 88.6 Å². The minimum atomic E-state index is -0.902. The predicted molar refractivity (Wildman–Crippen MR) is 124 cm³/mol. The van der Waals surface area contributed by atoms with Crippen molar-refractivity contribution >= 4 is 11.3 Å². The van der Waals surface area contributed by atoms with E-state index in [9.17, 15) is 5.11 Å². The number of benzene rings is 1. The number of thiophene rings is 1. The summed E-state index contributed by atoms with van der Waals surface area (Å²) in [4.78, 5) is 1.07. The third kappa shape index (κ3) is 5.53. The first-order chi connectivity index (χ1) is 14.8. The number of aliphatic hydroxyl groups is 2. The molecule has 0 amide bonds. The molecule has 0 aliphatic carbocycles. The van der Waals surface area contributed by atoms with Crippen molar-refractivity contribution in [2.75, 3.05) is 13.2 Å². The lowest BCUT2D eigenvalue weighted by atomic mass is 9.98. The summed E-state index contributed by atoms with van der Waals surface area (Å²) in [6, 6.07) is 3.88. The van der Waals surface area contributed by atoms with Crippen molar-refractivity contribution in [3.8, 4) is 28.0 Å². The van der Waals surface area contributed by atoms with Gasteiger partial charge in [-0.15, -0.1) is 21.5 Å². The quantitative estimate of drug-likeness (QED) is 0.459. The van der Waals surface area contributed by atoms with E-state index < -0.39 is 6.10 Å². The number of nitrogens with zero attached hydrogens (tertiary/aromatic N) is 2. The van der Waals surface area contributed by atoms with Crippen molar-refractivity contribution in [1.82, 2.24) is 10.2 Å². The Bertz CT molecular complexity index is 986. The highest BCUT2D eigenvalue weighted by Crippen LogP contribution is 2.36.